The SMILES string of the molecule is C=C(C)CNCC1(C)CCCC1. The zero-order valence-electron chi connectivity index (χ0n) is 8.45. The van der Waals surface area contributed by atoms with Crippen molar-refractivity contribution in [1.29, 1.82) is 0 Å². The summed E-state index contributed by atoms with van der Waals surface area (Å²) in [5, 5.41) is 3.47. The summed E-state index contributed by atoms with van der Waals surface area (Å²) in [5.74, 6) is 0. The van der Waals surface area contributed by atoms with Crippen molar-refractivity contribution >= 4 is 0 Å². The minimum Gasteiger partial charge on any atom is -0.312 e. The largest absolute Gasteiger partial charge is 0.312 e. The van der Waals surface area contributed by atoms with Crippen LogP contribution in [0, 0.1) is 5.41 Å². The van der Waals surface area contributed by atoms with E-state index in [-0.39, 0.29) is 0 Å². The van der Waals surface area contributed by atoms with Crippen LogP contribution < -0.4 is 5.32 Å². The minimum absolute atomic E-state index is 0.579. The molecule has 0 radical (unpaired) electrons. The maximum absolute atomic E-state index is 3.88. The number of nitrogens with one attached hydrogen (secondary N) is 1. The molecule has 1 aliphatic carbocycles. The van der Waals surface area contributed by atoms with E-state index >= 15 is 0 Å². The van der Waals surface area contributed by atoms with Crippen LogP contribution >= 0.6 is 0 Å². The zero-order valence-corrected chi connectivity index (χ0v) is 8.45. The average molecular weight is 167 g/mol. The molecule has 0 aromatic heterocycles. The van der Waals surface area contributed by atoms with Crippen LogP contribution in [-0.4, -0.2) is 13.1 Å². The van der Waals surface area contributed by atoms with E-state index in [1.54, 1.807) is 0 Å². The Kier molecular flexibility index (Phi) is 3.33. The smallest absolute Gasteiger partial charge is 0.0159 e. The van der Waals surface area contributed by atoms with E-state index in [0.29, 0.717) is 5.41 Å². The Bertz CT molecular complexity index is 154. The highest BCUT2D eigenvalue weighted by molar-refractivity contribution is 4.92. The van der Waals surface area contributed by atoms with Crippen LogP contribution in [0.5, 0.6) is 0 Å². The van der Waals surface area contributed by atoms with Gasteiger partial charge < -0.3 is 5.32 Å². The Morgan fingerprint density at radius 3 is 2.50 bits per heavy atom. The first kappa shape index (κ1) is 9.79. The van der Waals surface area contributed by atoms with Crippen LogP contribution in [0.2, 0.25) is 0 Å². The Morgan fingerprint density at radius 2 is 2.00 bits per heavy atom. The molecule has 70 valence electrons. The molecule has 0 unspecified atom stereocenters. The second-order valence-corrected chi connectivity index (χ2v) is 4.58. The molecule has 1 nitrogen and oxygen atoms in total. The van der Waals surface area contributed by atoms with E-state index in [1.807, 2.05) is 0 Å². The molecule has 0 atom stereocenters. The number of hydrogen-bond acceptors (Lipinski definition) is 1. The zero-order chi connectivity index (χ0) is 9.03. The first-order valence-electron chi connectivity index (χ1n) is 4.97. The molecular weight excluding hydrogens is 146 g/mol. The molecule has 12 heavy (non-hydrogen) atoms. The fourth-order valence-electron chi connectivity index (χ4n) is 1.98. The van der Waals surface area contributed by atoms with Gasteiger partial charge >= 0.3 is 0 Å². The first-order valence-corrected chi connectivity index (χ1v) is 4.97. The summed E-state index contributed by atoms with van der Waals surface area (Å²) < 4.78 is 0. The molecule has 0 saturated heterocycles. The van der Waals surface area contributed by atoms with Crippen molar-refractivity contribution in [2.24, 2.45) is 5.41 Å². The molecule has 0 aliphatic heterocycles. The summed E-state index contributed by atoms with van der Waals surface area (Å²) in [6, 6.07) is 0. The van der Waals surface area contributed by atoms with E-state index < -0.39 is 0 Å². The monoisotopic (exact) mass is 167 g/mol. The van der Waals surface area contributed by atoms with Crippen LogP contribution in [0.4, 0.5) is 0 Å². The lowest BCUT2D eigenvalue weighted by molar-refractivity contribution is 0.320. The van der Waals surface area contributed by atoms with Crippen molar-refractivity contribution < 1.29 is 0 Å². The van der Waals surface area contributed by atoms with E-state index in [4.69, 9.17) is 0 Å². The third-order valence-electron chi connectivity index (χ3n) is 2.79. The van der Waals surface area contributed by atoms with Crippen LogP contribution in [-0.2, 0) is 0 Å². The van der Waals surface area contributed by atoms with Gasteiger partial charge in [-0.25, -0.2) is 0 Å². The van der Waals surface area contributed by atoms with Crippen molar-refractivity contribution in [2.75, 3.05) is 13.1 Å². The van der Waals surface area contributed by atoms with Gasteiger partial charge in [0.05, 0.1) is 0 Å². The molecule has 0 spiro atoms. The Hall–Kier alpha value is -0.300. The van der Waals surface area contributed by atoms with Gasteiger partial charge in [-0.15, -0.1) is 0 Å². The normalized spacial score (nSPS) is 21.2. The highest BCUT2D eigenvalue weighted by Gasteiger charge is 2.27. The topological polar surface area (TPSA) is 12.0 Å². The van der Waals surface area contributed by atoms with E-state index in [0.717, 1.165) is 6.54 Å². The first-order chi connectivity index (χ1) is 5.62. The van der Waals surface area contributed by atoms with Crippen LogP contribution in [0.1, 0.15) is 39.5 Å². The molecule has 1 rings (SSSR count). The van der Waals surface area contributed by atoms with Crippen molar-refractivity contribution in [3.63, 3.8) is 0 Å². The fraction of sp³-hybridized carbons (Fsp3) is 0.818. The standard InChI is InChI=1S/C11H21N/c1-10(2)8-12-9-11(3)6-4-5-7-11/h12H,1,4-9H2,2-3H3. The summed E-state index contributed by atoms with van der Waals surface area (Å²) >= 11 is 0. The van der Waals surface area contributed by atoms with Gasteiger partial charge in [0.25, 0.3) is 0 Å². The Morgan fingerprint density at radius 1 is 1.42 bits per heavy atom. The fourth-order valence-corrected chi connectivity index (χ4v) is 1.98. The quantitative estimate of drug-likeness (QED) is 0.635. The van der Waals surface area contributed by atoms with Gasteiger partial charge in [0.15, 0.2) is 0 Å². The summed E-state index contributed by atoms with van der Waals surface area (Å²) in [6.45, 7) is 10.5. The van der Waals surface area contributed by atoms with E-state index in [2.05, 4.69) is 25.7 Å². The van der Waals surface area contributed by atoms with Gasteiger partial charge in [0, 0.05) is 13.1 Å². The molecule has 0 aromatic rings. The van der Waals surface area contributed by atoms with Crippen molar-refractivity contribution in [1.82, 2.24) is 5.32 Å². The maximum Gasteiger partial charge on any atom is 0.0159 e. The number of rotatable bonds is 4. The van der Waals surface area contributed by atoms with E-state index in [9.17, 15) is 0 Å². The maximum atomic E-state index is 3.88. The third kappa shape index (κ3) is 2.98. The number of hydrogen-bond donors (Lipinski definition) is 1. The molecule has 0 aromatic carbocycles. The van der Waals surface area contributed by atoms with Gasteiger partial charge in [0.2, 0.25) is 0 Å². The third-order valence-corrected chi connectivity index (χ3v) is 2.79. The minimum atomic E-state index is 0.579. The molecule has 1 fully saturated rings. The molecule has 1 heteroatoms. The van der Waals surface area contributed by atoms with Crippen LogP contribution in [0.3, 0.4) is 0 Å². The average Bonchev–Trinajstić information content (AvgIpc) is 2.35. The second-order valence-electron chi connectivity index (χ2n) is 4.58. The van der Waals surface area contributed by atoms with Gasteiger partial charge in [-0.05, 0) is 25.2 Å². The van der Waals surface area contributed by atoms with Crippen LogP contribution in [0.15, 0.2) is 12.2 Å². The summed E-state index contributed by atoms with van der Waals surface area (Å²) in [4.78, 5) is 0. The molecular formula is C11H21N. The molecule has 0 bridgehead atoms. The van der Waals surface area contributed by atoms with Gasteiger partial charge in [-0.3, -0.25) is 0 Å². The highest BCUT2D eigenvalue weighted by atomic mass is 14.9. The second kappa shape index (κ2) is 4.08. The predicted octanol–water partition coefficient (Wildman–Crippen LogP) is 2.73. The van der Waals surface area contributed by atoms with Crippen LogP contribution in [0.25, 0.3) is 0 Å². The lowest BCUT2D eigenvalue weighted by Crippen LogP contribution is -2.30. The van der Waals surface area contributed by atoms with Gasteiger partial charge in [-0.2, -0.15) is 0 Å². The molecule has 1 saturated carbocycles. The molecule has 1 N–H and O–H groups in total. The highest BCUT2D eigenvalue weighted by Crippen LogP contribution is 2.36. The lowest BCUT2D eigenvalue weighted by Gasteiger charge is -2.23. The molecule has 0 amide bonds. The van der Waals surface area contributed by atoms with Crippen molar-refractivity contribution in [2.45, 2.75) is 39.5 Å². The van der Waals surface area contributed by atoms with E-state index in [1.165, 1.54) is 37.8 Å². The van der Waals surface area contributed by atoms with Gasteiger partial charge in [-0.1, -0.05) is 31.9 Å². The van der Waals surface area contributed by atoms with Crippen molar-refractivity contribution in [3.05, 3.63) is 12.2 Å². The van der Waals surface area contributed by atoms with Crippen molar-refractivity contribution in [3.8, 4) is 0 Å². The lowest BCUT2D eigenvalue weighted by atomic mass is 9.89. The summed E-state index contributed by atoms with van der Waals surface area (Å²) in [5.41, 5.74) is 1.81. The van der Waals surface area contributed by atoms with Gasteiger partial charge in [0.1, 0.15) is 0 Å². The summed E-state index contributed by atoms with van der Waals surface area (Å²) in [6.07, 6.45) is 5.64. The predicted molar refractivity (Wildman–Crippen MR) is 54.3 cm³/mol. The Balaban J connectivity index is 2.17. The summed E-state index contributed by atoms with van der Waals surface area (Å²) in [7, 11) is 0. The molecule has 0 heterocycles. The Labute approximate surface area is 76.2 Å². The molecule has 1 aliphatic rings.